The van der Waals surface area contributed by atoms with Gasteiger partial charge in [0.1, 0.15) is 6.61 Å². The fraction of sp³-hybridized carbons (Fsp3) is 0.160. The Hall–Kier alpha value is -3.87. The molecule has 3 aromatic carbocycles. The monoisotopic (exact) mass is 434 g/mol. The number of ether oxygens (including phenoxy) is 1. The van der Waals surface area contributed by atoms with Crippen LogP contribution in [0.15, 0.2) is 66.7 Å². The predicted octanol–water partition coefficient (Wildman–Crippen LogP) is 5.64. The number of halogens is 2. The van der Waals surface area contributed by atoms with E-state index in [2.05, 4.69) is 4.98 Å². The lowest BCUT2D eigenvalue weighted by molar-refractivity contribution is 0.0386. The lowest BCUT2D eigenvalue weighted by Gasteiger charge is -2.12. The fourth-order valence-electron chi connectivity index (χ4n) is 3.61. The number of rotatable bonds is 6. The molecule has 0 amide bonds. The van der Waals surface area contributed by atoms with Gasteiger partial charge in [-0.3, -0.25) is 9.36 Å². The number of esters is 1. The first kappa shape index (κ1) is 21.4. The molecule has 4 rings (SSSR count). The van der Waals surface area contributed by atoms with E-state index in [0.29, 0.717) is 11.1 Å². The lowest BCUT2D eigenvalue weighted by atomic mass is 9.94. The Kier molecular flexibility index (Phi) is 5.81. The summed E-state index contributed by atoms with van der Waals surface area (Å²) in [5, 5.41) is 0. The van der Waals surface area contributed by atoms with E-state index in [0.717, 1.165) is 15.7 Å². The van der Waals surface area contributed by atoms with E-state index in [1.807, 2.05) is 26.0 Å². The molecule has 0 aliphatic rings. The van der Waals surface area contributed by atoms with Crippen LogP contribution in [-0.2, 0) is 11.3 Å². The number of imidazole rings is 1. The highest BCUT2D eigenvalue weighted by atomic mass is 19.3. The summed E-state index contributed by atoms with van der Waals surface area (Å²) >= 11 is 0. The zero-order valence-electron chi connectivity index (χ0n) is 17.5. The third-order valence-electron chi connectivity index (χ3n) is 5.23. The van der Waals surface area contributed by atoms with Crippen molar-refractivity contribution in [1.82, 2.24) is 9.55 Å². The third-order valence-corrected chi connectivity index (χ3v) is 5.23. The Balaban J connectivity index is 1.62. The molecule has 162 valence electrons. The maximum atomic E-state index is 13.6. The minimum Gasteiger partial charge on any atom is -0.454 e. The molecule has 0 N–H and O–H groups in total. The van der Waals surface area contributed by atoms with E-state index in [1.54, 1.807) is 42.5 Å². The first-order valence-corrected chi connectivity index (χ1v) is 9.99. The van der Waals surface area contributed by atoms with Gasteiger partial charge in [0.2, 0.25) is 0 Å². The van der Waals surface area contributed by atoms with Gasteiger partial charge in [0, 0.05) is 11.1 Å². The number of hydrogen-bond donors (Lipinski definition) is 0. The average molecular weight is 434 g/mol. The van der Waals surface area contributed by atoms with Gasteiger partial charge in [-0.1, -0.05) is 48.0 Å². The first-order valence-electron chi connectivity index (χ1n) is 9.99. The number of hydrogen-bond acceptors (Lipinski definition) is 4. The Labute approximate surface area is 183 Å². The SMILES string of the molecule is Cc1ccc(C)c(C(=O)c2ccccc2C(=O)OCc2nc3ccccc3n2C(F)F)c1. The van der Waals surface area contributed by atoms with E-state index in [1.165, 1.54) is 12.1 Å². The number of benzene rings is 3. The molecule has 1 aromatic heterocycles. The summed E-state index contributed by atoms with van der Waals surface area (Å²) in [6, 6.07) is 18.3. The number of nitrogens with zero attached hydrogens (tertiary/aromatic N) is 2. The number of para-hydroxylation sites is 2. The molecular weight excluding hydrogens is 414 g/mol. The number of aryl methyl sites for hydroxylation is 2. The molecule has 0 atom stereocenters. The van der Waals surface area contributed by atoms with Gasteiger partial charge >= 0.3 is 12.5 Å². The minimum absolute atomic E-state index is 0.0677. The van der Waals surface area contributed by atoms with Crippen LogP contribution in [0.25, 0.3) is 11.0 Å². The largest absolute Gasteiger partial charge is 0.454 e. The molecule has 0 bridgehead atoms. The molecule has 0 fully saturated rings. The number of carbonyl (C=O) groups excluding carboxylic acids is 2. The standard InChI is InChI=1S/C25H20F2N2O3/c1-15-11-12-16(2)19(13-15)23(30)17-7-3-4-8-18(17)24(31)32-14-22-28-20-9-5-6-10-21(20)29(22)25(26)27/h3-13,25H,14H2,1-2H3. The molecule has 1 heterocycles. The number of fused-ring (bicyclic) bond motifs is 1. The second-order valence-electron chi connectivity index (χ2n) is 7.43. The summed E-state index contributed by atoms with van der Waals surface area (Å²) in [6.07, 6.45) is 0. The van der Waals surface area contributed by atoms with Crippen LogP contribution in [0, 0.1) is 13.8 Å². The van der Waals surface area contributed by atoms with Crippen molar-refractivity contribution in [1.29, 1.82) is 0 Å². The third kappa shape index (κ3) is 4.01. The van der Waals surface area contributed by atoms with Crippen molar-refractivity contribution < 1.29 is 23.1 Å². The van der Waals surface area contributed by atoms with E-state index >= 15 is 0 Å². The highest BCUT2D eigenvalue weighted by molar-refractivity contribution is 6.15. The van der Waals surface area contributed by atoms with Crippen LogP contribution >= 0.6 is 0 Å². The second kappa shape index (κ2) is 8.70. The highest BCUT2D eigenvalue weighted by Gasteiger charge is 2.23. The number of aromatic nitrogens is 2. The summed E-state index contributed by atoms with van der Waals surface area (Å²) < 4.78 is 33.2. The zero-order valence-corrected chi connectivity index (χ0v) is 17.5. The maximum absolute atomic E-state index is 13.6. The normalized spacial score (nSPS) is 11.2. The van der Waals surface area contributed by atoms with E-state index in [-0.39, 0.29) is 28.3 Å². The molecule has 0 radical (unpaired) electrons. The topological polar surface area (TPSA) is 61.2 Å². The quantitative estimate of drug-likeness (QED) is 0.291. The summed E-state index contributed by atoms with van der Waals surface area (Å²) in [7, 11) is 0. The molecule has 4 aromatic rings. The van der Waals surface area contributed by atoms with Crippen molar-refractivity contribution >= 4 is 22.8 Å². The molecule has 5 nitrogen and oxygen atoms in total. The van der Waals surface area contributed by atoms with Gasteiger partial charge in [-0.25, -0.2) is 9.78 Å². The van der Waals surface area contributed by atoms with Crippen molar-refractivity contribution in [3.8, 4) is 0 Å². The molecule has 7 heteroatoms. The Morgan fingerprint density at radius 2 is 1.62 bits per heavy atom. The van der Waals surface area contributed by atoms with Gasteiger partial charge in [0.15, 0.2) is 11.6 Å². The summed E-state index contributed by atoms with van der Waals surface area (Å²) in [6.45, 7) is 0.409. The minimum atomic E-state index is -2.84. The second-order valence-corrected chi connectivity index (χ2v) is 7.43. The number of carbonyl (C=O) groups is 2. The van der Waals surface area contributed by atoms with Crippen molar-refractivity contribution in [2.24, 2.45) is 0 Å². The van der Waals surface area contributed by atoms with Gasteiger partial charge < -0.3 is 4.74 Å². The molecule has 32 heavy (non-hydrogen) atoms. The van der Waals surface area contributed by atoms with Crippen LogP contribution in [0.3, 0.4) is 0 Å². The molecule has 0 spiro atoms. The number of alkyl halides is 2. The van der Waals surface area contributed by atoms with Crippen molar-refractivity contribution in [2.75, 3.05) is 0 Å². The first-order chi connectivity index (χ1) is 15.4. The predicted molar refractivity (Wildman–Crippen MR) is 116 cm³/mol. The van der Waals surface area contributed by atoms with Crippen molar-refractivity contribution in [3.05, 3.63) is 100 Å². The molecule has 0 aliphatic heterocycles. The van der Waals surface area contributed by atoms with Gasteiger partial charge in [-0.15, -0.1) is 0 Å². The highest BCUT2D eigenvalue weighted by Crippen LogP contribution is 2.24. The van der Waals surface area contributed by atoms with Gasteiger partial charge in [0.05, 0.1) is 16.6 Å². The van der Waals surface area contributed by atoms with Gasteiger partial charge in [0.25, 0.3) is 0 Å². The van der Waals surface area contributed by atoms with E-state index in [9.17, 15) is 18.4 Å². The Bertz CT molecular complexity index is 1330. The van der Waals surface area contributed by atoms with Crippen LogP contribution in [0.4, 0.5) is 8.78 Å². The van der Waals surface area contributed by atoms with E-state index in [4.69, 9.17) is 4.74 Å². The van der Waals surface area contributed by atoms with Gasteiger partial charge in [-0.2, -0.15) is 8.78 Å². The lowest BCUT2D eigenvalue weighted by Crippen LogP contribution is -2.15. The smallest absolute Gasteiger partial charge is 0.339 e. The fourth-order valence-corrected chi connectivity index (χ4v) is 3.61. The molecule has 0 saturated carbocycles. The maximum Gasteiger partial charge on any atom is 0.339 e. The Morgan fingerprint density at radius 1 is 0.938 bits per heavy atom. The molecule has 0 aliphatic carbocycles. The molecule has 0 saturated heterocycles. The van der Waals surface area contributed by atoms with Gasteiger partial charge in [-0.05, 0) is 43.7 Å². The summed E-state index contributed by atoms with van der Waals surface area (Å²) in [5.41, 5.74) is 3.08. The average Bonchev–Trinajstić information content (AvgIpc) is 3.17. The van der Waals surface area contributed by atoms with Crippen LogP contribution < -0.4 is 0 Å². The zero-order chi connectivity index (χ0) is 22.8. The molecular formula is C25H20F2N2O3. The summed E-state index contributed by atoms with van der Waals surface area (Å²) in [5.74, 6) is -1.17. The van der Waals surface area contributed by atoms with Crippen LogP contribution in [0.5, 0.6) is 0 Å². The number of ketones is 1. The Morgan fingerprint density at radius 3 is 2.38 bits per heavy atom. The van der Waals surface area contributed by atoms with Crippen LogP contribution in [0.2, 0.25) is 0 Å². The summed E-state index contributed by atoms with van der Waals surface area (Å²) in [4.78, 5) is 30.1. The van der Waals surface area contributed by atoms with Crippen LogP contribution in [-0.4, -0.2) is 21.3 Å². The van der Waals surface area contributed by atoms with Crippen molar-refractivity contribution in [2.45, 2.75) is 27.0 Å². The molecule has 0 unspecified atom stereocenters. The van der Waals surface area contributed by atoms with Crippen LogP contribution in [0.1, 0.15) is 49.8 Å². The van der Waals surface area contributed by atoms with Crippen molar-refractivity contribution in [3.63, 3.8) is 0 Å². The van der Waals surface area contributed by atoms with E-state index < -0.39 is 19.1 Å².